The number of amides is 1. The standard InChI is InChI=1S/C16H24N2O3S/c1-2-12-17-22(20,21)15-10-8-14(9-11-15)18-16(19)13-6-4-3-5-7-13/h8-11,13,17H,2-7,12H2,1H3,(H,18,19). The quantitative estimate of drug-likeness (QED) is 0.845. The van der Waals surface area contributed by atoms with Gasteiger partial charge in [-0.05, 0) is 43.5 Å². The molecule has 0 aromatic heterocycles. The number of nitrogens with one attached hydrogen (secondary N) is 2. The van der Waals surface area contributed by atoms with Gasteiger partial charge in [0.25, 0.3) is 0 Å². The van der Waals surface area contributed by atoms with Crippen molar-refractivity contribution in [3.8, 4) is 0 Å². The molecule has 0 bridgehead atoms. The van der Waals surface area contributed by atoms with Crippen LogP contribution >= 0.6 is 0 Å². The maximum Gasteiger partial charge on any atom is 0.240 e. The Balaban J connectivity index is 1.98. The predicted octanol–water partition coefficient (Wildman–Crippen LogP) is 2.89. The van der Waals surface area contributed by atoms with E-state index in [1.54, 1.807) is 12.1 Å². The minimum absolute atomic E-state index is 0.0411. The highest BCUT2D eigenvalue weighted by atomic mass is 32.2. The second-order valence-electron chi connectivity index (χ2n) is 5.75. The lowest BCUT2D eigenvalue weighted by atomic mass is 9.88. The first-order valence-electron chi connectivity index (χ1n) is 7.93. The molecule has 0 atom stereocenters. The number of hydrogen-bond donors (Lipinski definition) is 2. The van der Waals surface area contributed by atoms with Gasteiger partial charge in [0.2, 0.25) is 15.9 Å². The molecule has 2 rings (SSSR count). The minimum atomic E-state index is -3.45. The minimum Gasteiger partial charge on any atom is -0.326 e. The van der Waals surface area contributed by atoms with Crippen LogP contribution in [-0.4, -0.2) is 20.9 Å². The van der Waals surface area contributed by atoms with E-state index in [0.29, 0.717) is 12.2 Å². The molecule has 122 valence electrons. The van der Waals surface area contributed by atoms with E-state index in [-0.39, 0.29) is 16.7 Å². The highest BCUT2D eigenvalue weighted by Crippen LogP contribution is 2.25. The zero-order valence-electron chi connectivity index (χ0n) is 13.0. The number of sulfonamides is 1. The Morgan fingerprint density at radius 3 is 2.36 bits per heavy atom. The molecule has 0 aliphatic heterocycles. The van der Waals surface area contributed by atoms with E-state index in [1.165, 1.54) is 18.6 Å². The zero-order chi connectivity index (χ0) is 16.0. The Morgan fingerprint density at radius 1 is 1.14 bits per heavy atom. The molecule has 1 aromatic carbocycles. The molecule has 1 saturated carbocycles. The number of carbonyl (C=O) groups excluding carboxylic acids is 1. The summed E-state index contributed by atoms with van der Waals surface area (Å²) in [6.45, 7) is 2.33. The summed E-state index contributed by atoms with van der Waals surface area (Å²) in [5.41, 5.74) is 0.644. The molecule has 0 radical (unpaired) electrons. The monoisotopic (exact) mass is 324 g/mol. The number of rotatable bonds is 6. The van der Waals surface area contributed by atoms with Crippen molar-refractivity contribution in [2.75, 3.05) is 11.9 Å². The van der Waals surface area contributed by atoms with Crippen molar-refractivity contribution < 1.29 is 13.2 Å². The number of hydrogen-bond acceptors (Lipinski definition) is 3. The Kier molecular flexibility index (Phi) is 5.97. The molecule has 0 saturated heterocycles. The molecular formula is C16H24N2O3S. The van der Waals surface area contributed by atoms with Crippen LogP contribution in [-0.2, 0) is 14.8 Å². The van der Waals surface area contributed by atoms with E-state index >= 15 is 0 Å². The maximum atomic E-state index is 12.1. The van der Waals surface area contributed by atoms with E-state index in [0.717, 1.165) is 32.1 Å². The fourth-order valence-corrected chi connectivity index (χ4v) is 3.78. The summed E-state index contributed by atoms with van der Waals surface area (Å²) >= 11 is 0. The Hall–Kier alpha value is -1.40. The normalized spacial score (nSPS) is 16.4. The number of carbonyl (C=O) groups is 1. The molecule has 1 aliphatic rings. The van der Waals surface area contributed by atoms with Crippen LogP contribution in [0.2, 0.25) is 0 Å². The van der Waals surface area contributed by atoms with E-state index in [9.17, 15) is 13.2 Å². The van der Waals surface area contributed by atoms with E-state index in [2.05, 4.69) is 10.0 Å². The van der Waals surface area contributed by atoms with Crippen molar-refractivity contribution in [1.82, 2.24) is 4.72 Å². The largest absolute Gasteiger partial charge is 0.326 e. The first kappa shape index (κ1) is 17.0. The van der Waals surface area contributed by atoms with Crippen LogP contribution in [0.4, 0.5) is 5.69 Å². The molecule has 0 spiro atoms. The third-order valence-electron chi connectivity index (χ3n) is 3.95. The molecule has 5 nitrogen and oxygen atoms in total. The van der Waals surface area contributed by atoms with Gasteiger partial charge in [0.1, 0.15) is 0 Å². The molecule has 1 fully saturated rings. The van der Waals surface area contributed by atoms with Crippen molar-refractivity contribution in [2.24, 2.45) is 5.92 Å². The highest BCUT2D eigenvalue weighted by molar-refractivity contribution is 7.89. The fourth-order valence-electron chi connectivity index (χ4n) is 2.65. The summed E-state index contributed by atoms with van der Waals surface area (Å²) in [5, 5.41) is 2.88. The molecule has 0 unspecified atom stereocenters. The molecule has 1 amide bonds. The molecule has 6 heteroatoms. The summed E-state index contributed by atoms with van der Waals surface area (Å²) in [4.78, 5) is 12.4. The molecule has 2 N–H and O–H groups in total. The van der Waals surface area contributed by atoms with Gasteiger partial charge in [-0.1, -0.05) is 26.2 Å². The van der Waals surface area contributed by atoms with Gasteiger partial charge >= 0.3 is 0 Å². The summed E-state index contributed by atoms with van der Waals surface area (Å²) in [6.07, 6.45) is 6.06. The van der Waals surface area contributed by atoms with Gasteiger partial charge in [0.15, 0.2) is 0 Å². The van der Waals surface area contributed by atoms with Gasteiger partial charge in [-0.2, -0.15) is 0 Å². The molecular weight excluding hydrogens is 300 g/mol. The van der Waals surface area contributed by atoms with E-state index in [1.807, 2.05) is 6.92 Å². The van der Waals surface area contributed by atoms with Gasteiger partial charge in [-0.15, -0.1) is 0 Å². The van der Waals surface area contributed by atoms with Crippen molar-refractivity contribution in [3.63, 3.8) is 0 Å². The first-order valence-corrected chi connectivity index (χ1v) is 9.42. The molecule has 1 aliphatic carbocycles. The number of benzene rings is 1. The Labute approximate surface area is 132 Å². The first-order chi connectivity index (χ1) is 10.5. The second-order valence-corrected chi connectivity index (χ2v) is 7.51. The average molecular weight is 324 g/mol. The van der Waals surface area contributed by atoms with Crippen molar-refractivity contribution >= 4 is 21.6 Å². The van der Waals surface area contributed by atoms with Gasteiger partial charge in [-0.25, -0.2) is 13.1 Å². The summed E-state index contributed by atoms with van der Waals surface area (Å²) in [5.74, 6) is 0.128. The van der Waals surface area contributed by atoms with Gasteiger partial charge in [0.05, 0.1) is 4.90 Å². The molecule has 1 aromatic rings. The van der Waals surface area contributed by atoms with E-state index < -0.39 is 10.0 Å². The lowest BCUT2D eigenvalue weighted by molar-refractivity contribution is -0.120. The van der Waals surface area contributed by atoms with Crippen molar-refractivity contribution in [3.05, 3.63) is 24.3 Å². The van der Waals surface area contributed by atoms with Crippen molar-refractivity contribution in [1.29, 1.82) is 0 Å². The van der Waals surface area contributed by atoms with Gasteiger partial charge in [0, 0.05) is 18.2 Å². The maximum absolute atomic E-state index is 12.1. The van der Waals surface area contributed by atoms with Crippen LogP contribution in [0.25, 0.3) is 0 Å². The smallest absolute Gasteiger partial charge is 0.240 e. The summed E-state index contributed by atoms with van der Waals surface area (Å²) in [6, 6.07) is 6.32. The van der Waals surface area contributed by atoms with Crippen LogP contribution in [0.1, 0.15) is 45.4 Å². The topological polar surface area (TPSA) is 75.3 Å². The number of anilines is 1. The fraction of sp³-hybridized carbons (Fsp3) is 0.562. The van der Waals surface area contributed by atoms with Crippen molar-refractivity contribution in [2.45, 2.75) is 50.3 Å². The third kappa shape index (κ3) is 4.55. The molecule has 0 heterocycles. The van der Waals surface area contributed by atoms with Crippen LogP contribution in [0, 0.1) is 5.92 Å². The predicted molar refractivity (Wildman–Crippen MR) is 87.1 cm³/mol. The Morgan fingerprint density at radius 2 is 1.77 bits per heavy atom. The Bertz CT molecular complexity index is 590. The average Bonchev–Trinajstić information content (AvgIpc) is 2.54. The van der Waals surface area contributed by atoms with Crippen LogP contribution in [0.5, 0.6) is 0 Å². The van der Waals surface area contributed by atoms with Crippen LogP contribution in [0.3, 0.4) is 0 Å². The van der Waals surface area contributed by atoms with Crippen LogP contribution < -0.4 is 10.0 Å². The zero-order valence-corrected chi connectivity index (χ0v) is 13.8. The molecule has 22 heavy (non-hydrogen) atoms. The van der Waals surface area contributed by atoms with Gasteiger partial charge < -0.3 is 5.32 Å². The summed E-state index contributed by atoms with van der Waals surface area (Å²) in [7, 11) is -3.45. The lowest BCUT2D eigenvalue weighted by Gasteiger charge is -2.20. The highest BCUT2D eigenvalue weighted by Gasteiger charge is 2.21. The van der Waals surface area contributed by atoms with Gasteiger partial charge in [-0.3, -0.25) is 4.79 Å². The van der Waals surface area contributed by atoms with Crippen LogP contribution in [0.15, 0.2) is 29.2 Å². The lowest BCUT2D eigenvalue weighted by Crippen LogP contribution is -2.25. The summed E-state index contributed by atoms with van der Waals surface area (Å²) < 4.78 is 26.5. The van der Waals surface area contributed by atoms with E-state index in [4.69, 9.17) is 0 Å². The third-order valence-corrected chi connectivity index (χ3v) is 5.43. The SMILES string of the molecule is CCCNS(=O)(=O)c1ccc(NC(=O)C2CCCCC2)cc1. The second kappa shape index (κ2) is 7.74.